The van der Waals surface area contributed by atoms with Gasteiger partial charge in [0.05, 0.1) is 19.3 Å². The Morgan fingerprint density at radius 3 is 2.78 bits per heavy atom. The maximum absolute atomic E-state index is 10.6. The first-order valence-corrected chi connectivity index (χ1v) is 6.12. The third-order valence-corrected chi connectivity index (χ3v) is 3.09. The molecule has 0 aromatic rings. The molecular weight excluding hydrogens is 232 g/mol. The first-order chi connectivity index (χ1) is 8.36. The molecule has 1 amide bonds. The molecule has 1 fully saturated rings. The van der Waals surface area contributed by atoms with Gasteiger partial charge in [-0.2, -0.15) is 0 Å². The van der Waals surface area contributed by atoms with Gasteiger partial charge in [0.1, 0.15) is 0 Å². The molecule has 1 saturated heterocycles. The van der Waals surface area contributed by atoms with E-state index in [0.717, 1.165) is 6.54 Å². The number of nitrogens with one attached hydrogen (secondary N) is 1. The second-order valence-corrected chi connectivity index (χ2v) is 5.58. The van der Waals surface area contributed by atoms with Gasteiger partial charge in [0.2, 0.25) is 0 Å². The van der Waals surface area contributed by atoms with Crippen LogP contribution in [0.2, 0.25) is 0 Å². The second kappa shape index (κ2) is 6.07. The molecule has 18 heavy (non-hydrogen) atoms. The van der Waals surface area contributed by atoms with Crippen LogP contribution < -0.4 is 5.32 Å². The van der Waals surface area contributed by atoms with Gasteiger partial charge in [-0.25, -0.2) is 4.79 Å². The van der Waals surface area contributed by atoms with Crippen LogP contribution in [-0.4, -0.2) is 54.5 Å². The Kier molecular flexibility index (Phi) is 5.00. The van der Waals surface area contributed by atoms with E-state index in [0.29, 0.717) is 19.7 Å². The highest BCUT2D eigenvalue weighted by molar-refractivity contribution is 5.64. The maximum atomic E-state index is 10.6. The highest BCUT2D eigenvalue weighted by Gasteiger charge is 2.39. The largest absolute Gasteiger partial charge is 0.465 e. The molecule has 0 aromatic carbocycles. The lowest BCUT2D eigenvalue weighted by atomic mass is 9.81. The monoisotopic (exact) mass is 254 g/mol. The molecule has 1 heterocycles. The van der Waals surface area contributed by atoms with E-state index in [-0.39, 0.29) is 17.6 Å². The highest BCUT2D eigenvalue weighted by Crippen LogP contribution is 2.30. The summed E-state index contributed by atoms with van der Waals surface area (Å²) >= 11 is 0. The predicted molar refractivity (Wildman–Crippen MR) is 69.4 cm³/mol. The minimum atomic E-state index is -1.03. The predicted octanol–water partition coefficient (Wildman–Crippen LogP) is 1.00. The van der Waals surface area contributed by atoms with E-state index in [1.165, 1.54) is 0 Å². The molecule has 1 unspecified atom stereocenters. The van der Waals surface area contributed by atoms with Gasteiger partial charge in [0, 0.05) is 19.1 Å². The summed E-state index contributed by atoms with van der Waals surface area (Å²) in [7, 11) is 0. The molecule has 0 radical (unpaired) electrons. The Morgan fingerprint density at radius 2 is 2.28 bits per heavy atom. The number of amides is 1. The van der Waals surface area contributed by atoms with Crippen molar-refractivity contribution in [3.8, 4) is 12.3 Å². The van der Waals surface area contributed by atoms with Gasteiger partial charge in [-0.15, -0.1) is 6.42 Å². The Balaban J connectivity index is 2.79. The molecular formula is C13H22N2O3. The minimum Gasteiger partial charge on any atom is -0.465 e. The van der Waals surface area contributed by atoms with Gasteiger partial charge in [0.15, 0.2) is 0 Å². The maximum Gasteiger partial charge on any atom is 0.404 e. The van der Waals surface area contributed by atoms with Crippen LogP contribution in [0.25, 0.3) is 0 Å². The van der Waals surface area contributed by atoms with Gasteiger partial charge in [-0.3, -0.25) is 4.90 Å². The van der Waals surface area contributed by atoms with Crippen molar-refractivity contribution in [2.75, 3.05) is 26.2 Å². The quantitative estimate of drug-likeness (QED) is 0.738. The molecule has 0 saturated carbocycles. The fourth-order valence-electron chi connectivity index (χ4n) is 2.55. The summed E-state index contributed by atoms with van der Waals surface area (Å²) in [5, 5.41) is 11.1. The summed E-state index contributed by atoms with van der Waals surface area (Å²) in [5.74, 6) is 2.66. The second-order valence-electron chi connectivity index (χ2n) is 5.58. The number of carbonyl (C=O) groups is 1. The third-order valence-electron chi connectivity index (χ3n) is 3.09. The van der Waals surface area contributed by atoms with Crippen LogP contribution in [0.15, 0.2) is 0 Å². The SMILES string of the molecule is C#CCN1CCO[C@@H](CNC(=O)O)C1C(C)(C)C. The summed E-state index contributed by atoms with van der Waals surface area (Å²) < 4.78 is 5.71. The summed E-state index contributed by atoms with van der Waals surface area (Å²) in [6, 6.07) is 0.106. The van der Waals surface area contributed by atoms with Crippen molar-refractivity contribution in [3.05, 3.63) is 0 Å². The van der Waals surface area contributed by atoms with Gasteiger partial charge in [-0.1, -0.05) is 26.7 Å². The number of rotatable bonds is 3. The van der Waals surface area contributed by atoms with Crippen LogP contribution in [0.4, 0.5) is 4.79 Å². The van der Waals surface area contributed by atoms with E-state index in [2.05, 4.69) is 36.9 Å². The van der Waals surface area contributed by atoms with Gasteiger partial charge in [-0.05, 0) is 5.41 Å². The number of nitrogens with zero attached hydrogens (tertiary/aromatic N) is 1. The first-order valence-electron chi connectivity index (χ1n) is 6.12. The van der Waals surface area contributed by atoms with E-state index in [1.807, 2.05) is 0 Å². The molecule has 5 nitrogen and oxygen atoms in total. The van der Waals surface area contributed by atoms with Crippen molar-refractivity contribution in [2.45, 2.75) is 32.9 Å². The zero-order valence-corrected chi connectivity index (χ0v) is 11.3. The molecule has 1 aliphatic heterocycles. The topological polar surface area (TPSA) is 61.8 Å². The van der Waals surface area contributed by atoms with Crippen molar-refractivity contribution in [1.82, 2.24) is 10.2 Å². The summed E-state index contributed by atoms with van der Waals surface area (Å²) in [5.41, 5.74) is -0.0257. The van der Waals surface area contributed by atoms with E-state index in [4.69, 9.17) is 16.3 Å². The Bertz CT molecular complexity index is 330. The number of morpholine rings is 1. The van der Waals surface area contributed by atoms with Crippen LogP contribution in [-0.2, 0) is 4.74 Å². The van der Waals surface area contributed by atoms with Crippen LogP contribution >= 0.6 is 0 Å². The number of ether oxygens (including phenoxy) is 1. The zero-order valence-electron chi connectivity index (χ0n) is 11.3. The van der Waals surface area contributed by atoms with Crippen molar-refractivity contribution >= 4 is 6.09 Å². The molecule has 2 atom stereocenters. The molecule has 1 rings (SSSR count). The average Bonchev–Trinajstić information content (AvgIpc) is 2.25. The number of hydrogen-bond donors (Lipinski definition) is 2. The fraction of sp³-hybridized carbons (Fsp3) is 0.769. The normalized spacial score (nSPS) is 25.4. The number of terminal acetylenes is 1. The summed E-state index contributed by atoms with van der Waals surface area (Å²) in [6.07, 6.45) is 4.20. The van der Waals surface area contributed by atoms with Gasteiger partial charge < -0.3 is 15.2 Å². The smallest absolute Gasteiger partial charge is 0.404 e. The number of carboxylic acid groups (broad SMARTS) is 1. The average molecular weight is 254 g/mol. The lowest BCUT2D eigenvalue weighted by Gasteiger charge is -2.47. The fourth-order valence-corrected chi connectivity index (χ4v) is 2.55. The van der Waals surface area contributed by atoms with Crippen molar-refractivity contribution in [1.29, 1.82) is 0 Å². The molecule has 102 valence electrons. The molecule has 1 aliphatic rings. The van der Waals surface area contributed by atoms with Crippen LogP contribution in [0.5, 0.6) is 0 Å². The Morgan fingerprint density at radius 1 is 1.61 bits per heavy atom. The Labute approximate surface area is 108 Å². The molecule has 2 N–H and O–H groups in total. The van der Waals surface area contributed by atoms with E-state index in [9.17, 15) is 4.79 Å². The van der Waals surface area contributed by atoms with Crippen molar-refractivity contribution < 1.29 is 14.6 Å². The lowest BCUT2D eigenvalue weighted by Crippen LogP contribution is -2.59. The summed E-state index contributed by atoms with van der Waals surface area (Å²) in [4.78, 5) is 12.8. The minimum absolute atomic E-state index is 0.0257. The van der Waals surface area contributed by atoms with Gasteiger partial charge >= 0.3 is 6.09 Å². The van der Waals surface area contributed by atoms with E-state index in [1.54, 1.807) is 0 Å². The van der Waals surface area contributed by atoms with Crippen molar-refractivity contribution in [2.24, 2.45) is 5.41 Å². The molecule has 0 aliphatic carbocycles. The Hall–Kier alpha value is -1.25. The van der Waals surface area contributed by atoms with Gasteiger partial charge in [0.25, 0.3) is 0 Å². The molecule has 0 bridgehead atoms. The van der Waals surface area contributed by atoms with E-state index < -0.39 is 6.09 Å². The van der Waals surface area contributed by atoms with E-state index >= 15 is 0 Å². The first kappa shape index (κ1) is 14.8. The number of hydrogen-bond acceptors (Lipinski definition) is 3. The van der Waals surface area contributed by atoms with Crippen LogP contribution in [0.3, 0.4) is 0 Å². The third kappa shape index (κ3) is 3.90. The van der Waals surface area contributed by atoms with Crippen molar-refractivity contribution in [3.63, 3.8) is 0 Å². The zero-order chi connectivity index (χ0) is 13.8. The lowest BCUT2D eigenvalue weighted by molar-refractivity contribution is -0.0982. The highest BCUT2D eigenvalue weighted by atomic mass is 16.5. The molecule has 0 aromatic heterocycles. The van der Waals surface area contributed by atoms with Crippen LogP contribution in [0, 0.1) is 17.8 Å². The van der Waals surface area contributed by atoms with Crippen LogP contribution in [0.1, 0.15) is 20.8 Å². The molecule has 0 spiro atoms. The molecule has 5 heteroatoms. The standard InChI is InChI=1S/C13H22N2O3/c1-5-6-15-7-8-18-10(9-14-12(16)17)11(15)13(2,3)4/h1,10-11,14H,6-9H2,2-4H3,(H,16,17)/t10-,11?/m0/s1. The summed E-state index contributed by atoms with van der Waals surface area (Å²) in [6.45, 7) is 8.57.